The van der Waals surface area contributed by atoms with E-state index in [4.69, 9.17) is 5.73 Å². The van der Waals surface area contributed by atoms with E-state index in [0.29, 0.717) is 17.9 Å². The standard InChI is InChI=1S/C16H19N5/c1-3-12-13(9-17)16(21-20-15(12)4-2)19-10-11-7-5-6-8-14(11)18/h5-8H,3-4,10,18H2,1-2H3,(H,19,21). The summed E-state index contributed by atoms with van der Waals surface area (Å²) in [6.45, 7) is 4.56. The van der Waals surface area contributed by atoms with Crippen LogP contribution in [0.15, 0.2) is 24.3 Å². The molecule has 0 aliphatic rings. The molecule has 0 atom stereocenters. The SMILES string of the molecule is CCc1nnc(NCc2ccccc2N)c(C#N)c1CC. The van der Waals surface area contributed by atoms with Crippen LogP contribution in [-0.4, -0.2) is 10.2 Å². The number of hydrogen-bond acceptors (Lipinski definition) is 5. The third kappa shape index (κ3) is 3.11. The van der Waals surface area contributed by atoms with Crippen LogP contribution in [0.1, 0.15) is 36.2 Å². The molecule has 5 heteroatoms. The Labute approximate surface area is 124 Å². The fourth-order valence-electron chi connectivity index (χ4n) is 2.29. The highest BCUT2D eigenvalue weighted by atomic mass is 15.2. The Bertz CT molecular complexity index is 673. The van der Waals surface area contributed by atoms with Crippen LogP contribution in [0.4, 0.5) is 11.5 Å². The average molecular weight is 281 g/mol. The molecule has 5 nitrogen and oxygen atoms in total. The van der Waals surface area contributed by atoms with Crippen molar-refractivity contribution in [2.75, 3.05) is 11.1 Å². The molecule has 21 heavy (non-hydrogen) atoms. The highest BCUT2D eigenvalue weighted by Gasteiger charge is 2.14. The van der Waals surface area contributed by atoms with Crippen molar-refractivity contribution in [3.05, 3.63) is 46.6 Å². The summed E-state index contributed by atoms with van der Waals surface area (Å²) in [7, 11) is 0. The number of rotatable bonds is 5. The quantitative estimate of drug-likeness (QED) is 0.823. The smallest absolute Gasteiger partial charge is 0.167 e. The Balaban J connectivity index is 2.29. The first-order chi connectivity index (χ1) is 10.2. The van der Waals surface area contributed by atoms with E-state index in [1.807, 2.05) is 38.1 Å². The number of nitrogen functional groups attached to an aromatic ring is 1. The van der Waals surface area contributed by atoms with E-state index < -0.39 is 0 Å². The maximum atomic E-state index is 9.42. The van der Waals surface area contributed by atoms with Gasteiger partial charge in [-0.05, 0) is 30.0 Å². The summed E-state index contributed by atoms with van der Waals surface area (Å²) in [5.41, 5.74) is 10.0. The van der Waals surface area contributed by atoms with E-state index in [-0.39, 0.29) is 0 Å². The van der Waals surface area contributed by atoms with Crippen LogP contribution in [0.5, 0.6) is 0 Å². The average Bonchev–Trinajstić information content (AvgIpc) is 2.52. The minimum absolute atomic E-state index is 0.519. The number of nitrogens with zero attached hydrogens (tertiary/aromatic N) is 3. The van der Waals surface area contributed by atoms with Gasteiger partial charge in [0.2, 0.25) is 0 Å². The van der Waals surface area contributed by atoms with Crippen LogP contribution in [0, 0.1) is 11.3 Å². The lowest BCUT2D eigenvalue weighted by Crippen LogP contribution is -2.10. The number of nitrogens with one attached hydrogen (secondary N) is 1. The largest absolute Gasteiger partial charge is 0.398 e. The molecular formula is C16H19N5. The second-order valence-electron chi connectivity index (χ2n) is 4.72. The Hall–Kier alpha value is -2.61. The van der Waals surface area contributed by atoms with Crippen LogP contribution in [-0.2, 0) is 19.4 Å². The van der Waals surface area contributed by atoms with E-state index in [0.717, 1.165) is 35.3 Å². The van der Waals surface area contributed by atoms with E-state index >= 15 is 0 Å². The lowest BCUT2D eigenvalue weighted by Gasteiger charge is -2.12. The van der Waals surface area contributed by atoms with Gasteiger partial charge in [0.15, 0.2) is 5.82 Å². The lowest BCUT2D eigenvalue weighted by molar-refractivity contribution is 0.869. The van der Waals surface area contributed by atoms with Crippen molar-refractivity contribution in [2.45, 2.75) is 33.2 Å². The third-order valence-corrected chi connectivity index (χ3v) is 3.46. The summed E-state index contributed by atoms with van der Waals surface area (Å²) < 4.78 is 0. The van der Waals surface area contributed by atoms with Crippen molar-refractivity contribution >= 4 is 11.5 Å². The van der Waals surface area contributed by atoms with Crippen LogP contribution in [0.25, 0.3) is 0 Å². The molecule has 3 N–H and O–H groups in total. The van der Waals surface area contributed by atoms with Crippen molar-refractivity contribution in [3.63, 3.8) is 0 Å². The Kier molecular flexibility index (Phi) is 4.72. The number of benzene rings is 1. The van der Waals surface area contributed by atoms with Crippen molar-refractivity contribution < 1.29 is 0 Å². The number of anilines is 2. The number of aryl methyl sites for hydroxylation is 1. The number of nitriles is 1. The Morgan fingerprint density at radius 1 is 1.19 bits per heavy atom. The number of para-hydroxylation sites is 1. The normalized spacial score (nSPS) is 10.1. The van der Waals surface area contributed by atoms with Gasteiger partial charge in [-0.25, -0.2) is 0 Å². The first-order valence-corrected chi connectivity index (χ1v) is 7.07. The van der Waals surface area contributed by atoms with Crippen LogP contribution >= 0.6 is 0 Å². The van der Waals surface area contributed by atoms with Gasteiger partial charge >= 0.3 is 0 Å². The van der Waals surface area contributed by atoms with Gasteiger partial charge in [-0.3, -0.25) is 0 Å². The second-order valence-corrected chi connectivity index (χ2v) is 4.72. The van der Waals surface area contributed by atoms with Gasteiger partial charge in [-0.1, -0.05) is 32.0 Å². The highest BCUT2D eigenvalue weighted by Crippen LogP contribution is 2.21. The molecule has 0 aliphatic heterocycles. The van der Waals surface area contributed by atoms with Crippen molar-refractivity contribution in [1.82, 2.24) is 10.2 Å². The van der Waals surface area contributed by atoms with E-state index in [9.17, 15) is 5.26 Å². The highest BCUT2D eigenvalue weighted by molar-refractivity contribution is 5.57. The predicted octanol–water partition coefficient (Wildman–Crippen LogP) is 2.67. The molecule has 0 saturated heterocycles. The number of aromatic nitrogens is 2. The van der Waals surface area contributed by atoms with Crippen LogP contribution in [0.2, 0.25) is 0 Å². The van der Waals surface area contributed by atoms with Gasteiger partial charge in [0.05, 0.1) is 5.69 Å². The first kappa shape index (κ1) is 14.8. The van der Waals surface area contributed by atoms with E-state index in [1.54, 1.807) is 0 Å². The topological polar surface area (TPSA) is 87.6 Å². The summed E-state index contributed by atoms with van der Waals surface area (Å²) in [4.78, 5) is 0. The molecule has 0 fully saturated rings. The zero-order chi connectivity index (χ0) is 15.2. The molecule has 108 valence electrons. The minimum atomic E-state index is 0.519. The molecule has 0 aliphatic carbocycles. The summed E-state index contributed by atoms with van der Waals surface area (Å²) in [5.74, 6) is 0.523. The third-order valence-electron chi connectivity index (χ3n) is 3.46. The Morgan fingerprint density at radius 3 is 2.57 bits per heavy atom. The summed E-state index contributed by atoms with van der Waals surface area (Å²) in [6, 6.07) is 9.87. The maximum absolute atomic E-state index is 9.42. The van der Waals surface area contributed by atoms with E-state index in [1.165, 1.54) is 0 Å². The van der Waals surface area contributed by atoms with Crippen LogP contribution < -0.4 is 11.1 Å². The van der Waals surface area contributed by atoms with Gasteiger partial charge in [0, 0.05) is 12.2 Å². The van der Waals surface area contributed by atoms with Gasteiger partial charge in [-0.15, -0.1) is 5.10 Å². The molecule has 0 amide bonds. The molecule has 0 spiro atoms. The zero-order valence-corrected chi connectivity index (χ0v) is 12.3. The van der Waals surface area contributed by atoms with Gasteiger partial charge < -0.3 is 11.1 Å². The Morgan fingerprint density at radius 2 is 1.95 bits per heavy atom. The predicted molar refractivity (Wildman–Crippen MR) is 83.7 cm³/mol. The fraction of sp³-hybridized carbons (Fsp3) is 0.312. The lowest BCUT2D eigenvalue weighted by atomic mass is 10.0. The monoisotopic (exact) mass is 281 g/mol. The first-order valence-electron chi connectivity index (χ1n) is 7.07. The van der Waals surface area contributed by atoms with Crippen molar-refractivity contribution in [2.24, 2.45) is 0 Å². The molecular weight excluding hydrogens is 262 g/mol. The molecule has 1 aromatic heterocycles. The molecule has 2 rings (SSSR count). The molecule has 0 saturated carbocycles. The minimum Gasteiger partial charge on any atom is -0.398 e. The maximum Gasteiger partial charge on any atom is 0.167 e. The molecule has 0 radical (unpaired) electrons. The molecule has 1 heterocycles. The van der Waals surface area contributed by atoms with Gasteiger partial charge in [0.1, 0.15) is 11.6 Å². The summed E-state index contributed by atoms with van der Waals surface area (Å²) >= 11 is 0. The molecule has 0 unspecified atom stereocenters. The summed E-state index contributed by atoms with van der Waals surface area (Å²) in [5, 5.41) is 21.0. The van der Waals surface area contributed by atoms with E-state index in [2.05, 4.69) is 21.6 Å². The van der Waals surface area contributed by atoms with Gasteiger partial charge in [-0.2, -0.15) is 10.4 Å². The van der Waals surface area contributed by atoms with Crippen molar-refractivity contribution in [3.8, 4) is 6.07 Å². The zero-order valence-electron chi connectivity index (χ0n) is 12.3. The molecule has 2 aromatic rings. The molecule has 1 aromatic carbocycles. The molecule has 0 bridgehead atoms. The number of nitrogens with two attached hydrogens (primary N) is 1. The number of hydrogen-bond donors (Lipinski definition) is 2. The summed E-state index contributed by atoms with van der Waals surface area (Å²) in [6.07, 6.45) is 1.54. The van der Waals surface area contributed by atoms with Gasteiger partial charge in [0.25, 0.3) is 0 Å². The van der Waals surface area contributed by atoms with Crippen molar-refractivity contribution in [1.29, 1.82) is 5.26 Å². The fourth-order valence-corrected chi connectivity index (χ4v) is 2.29. The second kappa shape index (κ2) is 6.71. The van der Waals surface area contributed by atoms with Crippen LogP contribution in [0.3, 0.4) is 0 Å².